The Balaban J connectivity index is 2.68. The molecular formula is C8H17N3O4. The van der Waals surface area contributed by atoms with E-state index in [1.807, 2.05) is 0 Å². The van der Waals surface area contributed by atoms with Crippen LogP contribution in [-0.2, 0) is 4.79 Å². The van der Waals surface area contributed by atoms with Crippen LogP contribution in [-0.4, -0.2) is 58.3 Å². The van der Waals surface area contributed by atoms with E-state index >= 15 is 0 Å². The molecule has 0 aromatic carbocycles. The number of β-amino-alcohol motifs (C(OH)–C–C–N with tert-alkyl or cyclic N) is 1. The summed E-state index contributed by atoms with van der Waals surface area (Å²) in [5.41, 5.74) is 3.73. The number of aliphatic hydroxyl groups is 3. The van der Waals surface area contributed by atoms with Crippen molar-refractivity contribution in [3.8, 4) is 0 Å². The summed E-state index contributed by atoms with van der Waals surface area (Å²) in [4.78, 5) is 10.8. The van der Waals surface area contributed by atoms with Crippen LogP contribution in [0.2, 0.25) is 0 Å². The molecule has 1 aliphatic rings. The minimum Gasteiger partial charge on any atom is -0.387 e. The first-order valence-corrected chi connectivity index (χ1v) is 4.70. The molecule has 7 nitrogen and oxygen atoms in total. The van der Waals surface area contributed by atoms with Crippen molar-refractivity contribution in [2.45, 2.75) is 30.9 Å². The summed E-state index contributed by atoms with van der Waals surface area (Å²) in [6.45, 7) is 1.13. The first-order valence-electron chi connectivity index (χ1n) is 4.70. The lowest BCUT2D eigenvalue weighted by Crippen LogP contribution is -2.72. The summed E-state index contributed by atoms with van der Waals surface area (Å²) < 4.78 is 0. The van der Waals surface area contributed by atoms with Gasteiger partial charge in [0.2, 0.25) is 5.91 Å². The molecule has 1 saturated heterocycles. The van der Waals surface area contributed by atoms with E-state index in [1.54, 1.807) is 0 Å². The highest BCUT2D eigenvalue weighted by atomic mass is 16.4. The minimum atomic E-state index is -1.56. The van der Waals surface area contributed by atoms with Crippen molar-refractivity contribution in [2.75, 3.05) is 13.1 Å². The Labute approximate surface area is 87.3 Å². The number of hydrogen-bond donors (Lipinski definition) is 6. The second-order valence-corrected chi connectivity index (χ2v) is 3.80. The first-order chi connectivity index (χ1) is 6.90. The fourth-order valence-corrected chi connectivity index (χ4v) is 1.56. The van der Waals surface area contributed by atoms with Gasteiger partial charge in [0.05, 0.1) is 0 Å². The Morgan fingerprint density at radius 1 is 1.67 bits per heavy atom. The van der Waals surface area contributed by atoms with E-state index in [2.05, 4.69) is 10.6 Å². The smallest absolute Gasteiger partial charge is 0.218 e. The summed E-state index contributed by atoms with van der Waals surface area (Å²) in [7, 11) is 0. The van der Waals surface area contributed by atoms with Gasteiger partial charge in [0.15, 0.2) is 0 Å². The first kappa shape index (κ1) is 12.3. The average molecular weight is 219 g/mol. The SMILES string of the molecule is CC(=O)N[C@@H]1NC[C@@](O)(CN)[C@@H](O)[C@H]1O. The quantitative estimate of drug-likeness (QED) is 0.285. The molecule has 0 aromatic rings. The van der Waals surface area contributed by atoms with Gasteiger partial charge in [-0.1, -0.05) is 0 Å². The van der Waals surface area contributed by atoms with Crippen molar-refractivity contribution >= 4 is 5.91 Å². The van der Waals surface area contributed by atoms with Crippen LogP contribution in [0.3, 0.4) is 0 Å². The van der Waals surface area contributed by atoms with E-state index in [0.717, 1.165) is 0 Å². The van der Waals surface area contributed by atoms with Crippen molar-refractivity contribution in [1.29, 1.82) is 0 Å². The van der Waals surface area contributed by atoms with E-state index in [-0.39, 0.29) is 19.0 Å². The van der Waals surface area contributed by atoms with Crippen LogP contribution in [0.4, 0.5) is 0 Å². The van der Waals surface area contributed by atoms with Crippen LogP contribution >= 0.6 is 0 Å². The molecule has 88 valence electrons. The standard InChI is InChI=1S/C8H17N3O4/c1-4(12)11-7-5(13)6(14)8(15,2-9)3-10-7/h5-7,10,13-15H,2-3,9H2,1H3,(H,11,12)/t5-,6+,7+,8+/m1/s1. The molecule has 1 aliphatic heterocycles. The molecule has 0 aliphatic carbocycles. The highest BCUT2D eigenvalue weighted by Crippen LogP contribution is 2.18. The van der Waals surface area contributed by atoms with Gasteiger partial charge in [-0.15, -0.1) is 0 Å². The predicted octanol–water partition coefficient (Wildman–Crippen LogP) is -3.54. The molecule has 1 rings (SSSR count). The highest BCUT2D eigenvalue weighted by molar-refractivity contribution is 5.73. The van der Waals surface area contributed by atoms with Crippen LogP contribution in [0, 0.1) is 0 Å². The topological polar surface area (TPSA) is 128 Å². The molecule has 0 saturated carbocycles. The zero-order chi connectivity index (χ0) is 11.6. The fourth-order valence-electron chi connectivity index (χ4n) is 1.56. The summed E-state index contributed by atoms with van der Waals surface area (Å²) >= 11 is 0. The fraction of sp³-hybridized carbons (Fsp3) is 0.875. The normalized spacial score (nSPS) is 41.3. The van der Waals surface area contributed by atoms with Crippen molar-refractivity contribution in [1.82, 2.24) is 10.6 Å². The maximum atomic E-state index is 10.8. The predicted molar refractivity (Wildman–Crippen MR) is 51.6 cm³/mol. The second kappa shape index (κ2) is 4.42. The van der Waals surface area contributed by atoms with Crippen LogP contribution in [0.1, 0.15) is 6.92 Å². The Bertz CT molecular complexity index is 250. The van der Waals surface area contributed by atoms with Gasteiger partial charge in [-0.3, -0.25) is 10.1 Å². The lowest BCUT2D eigenvalue weighted by Gasteiger charge is -2.43. The number of amides is 1. The molecular weight excluding hydrogens is 202 g/mol. The lowest BCUT2D eigenvalue weighted by atomic mass is 9.87. The number of hydrogen-bond acceptors (Lipinski definition) is 6. The third-order valence-corrected chi connectivity index (χ3v) is 2.56. The molecule has 1 heterocycles. The van der Waals surface area contributed by atoms with Gasteiger partial charge in [-0.2, -0.15) is 0 Å². The average Bonchev–Trinajstić information content (AvgIpc) is 2.19. The summed E-state index contributed by atoms with van der Waals surface area (Å²) in [6, 6.07) is 0. The highest BCUT2D eigenvalue weighted by Gasteiger charge is 2.46. The van der Waals surface area contributed by atoms with Gasteiger partial charge in [0.1, 0.15) is 24.0 Å². The van der Waals surface area contributed by atoms with Crippen molar-refractivity contribution in [2.24, 2.45) is 5.73 Å². The van der Waals surface area contributed by atoms with E-state index in [1.165, 1.54) is 6.92 Å². The minimum absolute atomic E-state index is 0.00662. The van der Waals surface area contributed by atoms with Crippen LogP contribution < -0.4 is 16.4 Å². The largest absolute Gasteiger partial charge is 0.387 e. The van der Waals surface area contributed by atoms with Gasteiger partial charge in [0, 0.05) is 20.0 Å². The molecule has 15 heavy (non-hydrogen) atoms. The van der Waals surface area contributed by atoms with Crippen molar-refractivity contribution in [3.63, 3.8) is 0 Å². The molecule has 0 unspecified atom stereocenters. The number of nitrogens with two attached hydrogens (primary N) is 1. The lowest BCUT2D eigenvalue weighted by molar-refractivity contribution is -0.156. The van der Waals surface area contributed by atoms with Crippen LogP contribution in [0.5, 0.6) is 0 Å². The maximum absolute atomic E-state index is 10.8. The van der Waals surface area contributed by atoms with Crippen molar-refractivity contribution in [3.05, 3.63) is 0 Å². The number of piperidine rings is 1. The third-order valence-electron chi connectivity index (χ3n) is 2.56. The molecule has 0 radical (unpaired) electrons. The summed E-state index contributed by atoms with van der Waals surface area (Å²) in [5, 5.41) is 34.1. The molecule has 1 amide bonds. The Morgan fingerprint density at radius 3 is 2.73 bits per heavy atom. The molecule has 0 aromatic heterocycles. The Morgan fingerprint density at radius 2 is 2.27 bits per heavy atom. The van der Waals surface area contributed by atoms with Crippen molar-refractivity contribution < 1.29 is 20.1 Å². The van der Waals surface area contributed by atoms with E-state index in [0.29, 0.717) is 0 Å². The molecule has 7 N–H and O–H groups in total. The van der Waals surface area contributed by atoms with Gasteiger partial charge in [0.25, 0.3) is 0 Å². The molecule has 4 atom stereocenters. The van der Waals surface area contributed by atoms with Gasteiger partial charge in [-0.25, -0.2) is 0 Å². The number of carbonyl (C=O) groups is 1. The summed E-state index contributed by atoms with van der Waals surface area (Å²) in [5.74, 6) is -0.336. The maximum Gasteiger partial charge on any atom is 0.218 e. The Hall–Kier alpha value is -0.730. The third kappa shape index (κ3) is 2.44. The number of aliphatic hydroxyl groups excluding tert-OH is 2. The number of nitrogens with one attached hydrogen (secondary N) is 2. The van der Waals surface area contributed by atoms with E-state index in [4.69, 9.17) is 5.73 Å². The van der Waals surface area contributed by atoms with E-state index < -0.39 is 24.0 Å². The van der Waals surface area contributed by atoms with Gasteiger partial charge < -0.3 is 26.4 Å². The monoisotopic (exact) mass is 219 g/mol. The zero-order valence-electron chi connectivity index (χ0n) is 8.47. The molecule has 0 spiro atoms. The van der Waals surface area contributed by atoms with Crippen LogP contribution in [0.25, 0.3) is 0 Å². The van der Waals surface area contributed by atoms with Crippen LogP contribution in [0.15, 0.2) is 0 Å². The second-order valence-electron chi connectivity index (χ2n) is 3.80. The van der Waals surface area contributed by atoms with E-state index in [9.17, 15) is 20.1 Å². The molecule has 7 heteroatoms. The zero-order valence-corrected chi connectivity index (χ0v) is 8.47. The summed E-state index contributed by atoms with van der Waals surface area (Å²) in [6.07, 6.45) is -3.46. The Kier molecular flexibility index (Phi) is 3.63. The molecule has 1 fully saturated rings. The number of rotatable bonds is 2. The molecule has 0 bridgehead atoms. The van der Waals surface area contributed by atoms with Gasteiger partial charge >= 0.3 is 0 Å². The van der Waals surface area contributed by atoms with Gasteiger partial charge in [-0.05, 0) is 0 Å². The number of carbonyl (C=O) groups excluding carboxylic acids is 1.